The van der Waals surface area contributed by atoms with Crippen molar-refractivity contribution >= 4 is 11.8 Å². The molecule has 1 aromatic heterocycles. The number of fused-ring (bicyclic) bond motifs is 1. The summed E-state index contributed by atoms with van der Waals surface area (Å²) in [4.78, 5) is 26.2. The molecule has 40 heavy (non-hydrogen) atoms. The molecule has 0 radical (unpaired) electrons. The van der Waals surface area contributed by atoms with Gasteiger partial charge in [-0.05, 0) is 37.8 Å². The maximum absolute atomic E-state index is 13.4. The minimum atomic E-state index is -1.09. The molecular weight excluding hydrogens is 508 g/mol. The van der Waals surface area contributed by atoms with E-state index in [4.69, 9.17) is 10.5 Å². The third-order valence-corrected chi connectivity index (χ3v) is 7.03. The SMILES string of the molecule is C.CC(C)(N)C(=O)N[C@H](COCc1ccccc1)c1nnc2n1CCC(Cc1ccccc1)(C(=O)NCCO)C2. The Kier molecular flexibility index (Phi) is 10.6. The van der Waals surface area contributed by atoms with Crippen LogP contribution < -0.4 is 16.4 Å². The average molecular weight is 551 g/mol. The van der Waals surface area contributed by atoms with Crippen molar-refractivity contribution in [2.45, 2.75) is 65.3 Å². The molecule has 5 N–H and O–H groups in total. The molecule has 10 heteroatoms. The van der Waals surface area contributed by atoms with Gasteiger partial charge in [-0.1, -0.05) is 68.1 Å². The number of benzene rings is 2. The lowest BCUT2D eigenvalue weighted by Crippen LogP contribution is -2.51. The number of carbonyl (C=O) groups excluding carboxylic acids is 2. The van der Waals surface area contributed by atoms with Crippen LogP contribution in [0.5, 0.6) is 0 Å². The zero-order valence-corrected chi connectivity index (χ0v) is 22.6. The summed E-state index contributed by atoms with van der Waals surface area (Å²) in [6, 6.07) is 19.1. The van der Waals surface area contributed by atoms with Crippen LogP contribution in [0.25, 0.3) is 0 Å². The standard InChI is InChI=1S/C29H38N6O4.CH4/c1-28(2,30)26(37)32-23(20-39-19-22-11-7-4-8-12-22)25-34-33-24-18-29(13-15-35(24)25,27(38)31-14-16-36)17-21-9-5-3-6-10-21;/h3-12,23,36H,13-20,30H2,1-2H3,(H,31,38)(H,32,37);1H4/t23-,29?;/m1./s1. The molecule has 0 aliphatic carbocycles. The van der Waals surface area contributed by atoms with Gasteiger partial charge in [-0.2, -0.15) is 0 Å². The van der Waals surface area contributed by atoms with Crippen LogP contribution in [0.1, 0.15) is 56.5 Å². The molecule has 2 heterocycles. The molecule has 2 aromatic carbocycles. The Hall–Kier alpha value is -3.60. The molecule has 0 saturated carbocycles. The lowest BCUT2D eigenvalue weighted by molar-refractivity contribution is -0.132. The second-order valence-electron chi connectivity index (χ2n) is 10.7. The summed E-state index contributed by atoms with van der Waals surface area (Å²) < 4.78 is 7.96. The Bertz CT molecular complexity index is 1240. The van der Waals surface area contributed by atoms with E-state index in [1.807, 2.05) is 65.2 Å². The second kappa shape index (κ2) is 13.6. The topological polar surface area (TPSA) is 144 Å². The van der Waals surface area contributed by atoms with Gasteiger partial charge in [0.15, 0.2) is 5.82 Å². The highest BCUT2D eigenvalue weighted by atomic mass is 16.5. The van der Waals surface area contributed by atoms with Crippen molar-refractivity contribution in [3.63, 3.8) is 0 Å². The molecule has 1 aliphatic heterocycles. The Morgan fingerprint density at radius 3 is 2.38 bits per heavy atom. The normalized spacial score (nSPS) is 17.3. The molecule has 0 spiro atoms. The smallest absolute Gasteiger partial charge is 0.240 e. The van der Waals surface area contributed by atoms with Gasteiger partial charge in [0.1, 0.15) is 11.9 Å². The van der Waals surface area contributed by atoms with Crippen molar-refractivity contribution in [1.29, 1.82) is 0 Å². The van der Waals surface area contributed by atoms with Gasteiger partial charge in [0.2, 0.25) is 11.8 Å². The fourth-order valence-corrected chi connectivity index (χ4v) is 4.86. The van der Waals surface area contributed by atoms with E-state index in [1.54, 1.807) is 13.8 Å². The van der Waals surface area contributed by atoms with Crippen LogP contribution in [-0.4, -0.2) is 57.0 Å². The fourth-order valence-electron chi connectivity index (χ4n) is 4.86. The van der Waals surface area contributed by atoms with E-state index >= 15 is 0 Å². The monoisotopic (exact) mass is 550 g/mol. The largest absolute Gasteiger partial charge is 0.395 e. The fraction of sp³-hybridized carbons (Fsp3) is 0.467. The van der Waals surface area contributed by atoms with Gasteiger partial charge in [-0.15, -0.1) is 10.2 Å². The number of amides is 2. The van der Waals surface area contributed by atoms with Crippen molar-refractivity contribution in [3.05, 3.63) is 83.4 Å². The predicted octanol–water partition coefficient (Wildman–Crippen LogP) is 2.31. The number of ether oxygens (including phenoxy) is 1. The number of aromatic nitrogens is 3. The lowest BCUT2D eigenvalue weighted by atomic mass is 9.73. The summed E-state index contributed by atoms with van der Waals surface area (Å²) in [6.45, 7) is 4.41. The maximum Gasteiger partial charge on any atom is 0.240 e. The minimum absolute atomic E-state index is 0. The number of aliphatic hydroxyl groups excluding tert-OH is 1. The third kappa shape index (κ3) is 7.53. The van der Waals surface area contributed by atoms with Crippen molar-refractivity contribution in [2.75, 3.05) is 19.8 Å². The van der Waals surface area contributed by atoms with E-state index < -0.39 is 17.0 Å². The molecule has 10 nitrogen and oxygen atoms in total. The van der Waals surface area contributed by atoms with Crippen LogP contribution in [0, 0.1) is 5.41 Å². The van der Waals surface area contributed by atoms with Gasteiger partial charge in [0, 0.05) is 19.5 Å². The number of nitrogens with zero attached hydrogens (tertiary/aromatic N) is 3. The van der Waals surface area contributed by atoms with E-state index in [9.17, 15) is 14.7 Å². The number of carbonyl (C=O) groups is 2. The first-order valence-electron chi connectivity index (χ1n) is 13.3. The zero-order valence-electron chi connectivity index (χ0n) is 22.6. The van der Waals surface area contributed by atoms with Gasteiger partial charge in [-0.25, -0.2) is 0 Å². The highest BCUT2D eigenvalue weighted by Crippen LogP contribution is 2.37. The third-order valence-electron chi connectivity index (χ3n) is 7.03. The lowest BCUT2D eigenvalue weighted by Gasteiger charge is -2.36. The van der Waals surface area contributed by atoms with Crippen LogP contribution >= 0.6 is 0 Å². The molecule has 1 unspecified atom stereocenters. The number of hydrogen-bond donors (Lipinski definition) is 4. The van der Waals surface area contributed by atoms with Crippen LogP contribution in [0.2, 0.25) is 0 Å². The number of nitrogens with two attached hydrogens (primary N) is 1. The first kappa shape index (κ1) is 30.9. The summed E-state index contributed by atoms with van der Waals surface area (Å²) in [7, 11) is 0. The number of rotatable bonds is 12. The molecule has 3 aromatic rings. The van der Waals surface area contributed by atoms with Gasteiger partial charge < -0.3 is 30.8 Å². The molecular formula is C30H42N6O4. The first-order chi connectivity index (χ1) is 18.7. The van der Waals surface area contributed by atoms with E-state index in [2.05, 4.69) is 20.8 Å². The first-order valence-corrected chi connectivity index (χ1v) is 13.3. The molecule has 2 amide bonds. The van der Waals surface area contributed by atoms with Gasteiger partial charge in [0.05, 0.1) is 30.8 Å². The molecule has 0 fully saturated rings. The van der Waals surface area contributed by atoms with Gasteiger partial charge >= 0.3 is 0 Å². The molecule has 2 atom stereocenters. The molecule has 4 rings (SSSR count). The van der Waals surface area contributed by atoms with Gasteiger partial charge in [0.25, 0.3) is 0 Å². The van der Waals surface area contributed by atoms with Crippen LogP contribution in [-0.2, 0) is 40.3 Å². The molecule has 0 bridgehead atoms. The van der Waals surface area contributed by atoms with E-state index in [-0.39, 0.29) is 39.0 Å². The summed E-state index contributed by atoms with van der Waals surface area (Å²) in [5.74, 6) is 0.795. The van der Waals surface area contributed by atoms with E-state index in [0.29, 0.717) is 44.1 Å². The summed E-state index contributed by atoms with van der Waals surface area (Å²) >= 11 is 0. The van der Waals surface area contributed by atoms with Crippen molar-refractivity contribution in [1.82, 2.24) is 25.4 Å². The number of nitrogens with one attached hydrogen (secondary N) is 2. The number of hydrogen-bond acceptors (Lipinski definition) is 7. The molecule has 0 saturated heterocycles. The van der Waals surface area contributed by atoms with E-state index in [1.165, 1.54) is 0 Å². The quantitative estimate of drug-likeness (QED) is 0.271. The minimum Gasteiger partial charge on any atom is -0.395 e. The van der Waals surface area contributed by atoms with Crippen LogP contribution in [0.3, 0.4) is 0 Å². The van der Waals surface area contributed by atoms with Crippen molar-refractivity contribution < 1.29 is 19.4 Å². The Labute approximate surface area is 236 Å². The maximum atomic E-state index is 13.4. The zero-order chi connectivity index (χ0) is 27.9. The van der Waals surface area contributed by atoms with E-state index in [0.717, 1.165) is 11.1 Å². The Morgan fingerprint density at radius 1 is 1.10 bits per heavy atom. The molecule has 216 valence electrons. The van der Waals surface area contributed by atoms with Crippen LogP contribution in [0.15, 0.2) is 60.7 Å². The van der Waals surface area contributed by atoms with Crippen molar-refractivity contribution in [2.24, 2.45) is 11.1 Å². The summed E-state index contributed by atoms with van der Waals surface area (Å²) in [5.41, 5.74) is 6.31. The summed E-state index contributed by atoms with van der Waals surface area (Å²) in [6.07, 6.45) is 1.46. The second-order valence-corrected chi connectivity index (χ2v) is 10.7. The van der Waals surface area contributed by atoms with Crippen LogP contribution in [0.4, 0.5) is 0 Å². The van der Waals surface area contributed by atoms with Gasteiger partial charge in [-0.3, -0.25) is 9.59 Å². The highest BCUT2D eigenvalue weighted by Gasteiger charge is 2.43. The van der Waals surface area contributed by atoms with Crippen molar-refractivity contribution in [3.8, 4) is 0 Å². The predicted molar refractivity (Wildman–Crippen MR) is 153 cm³/mol. The Balaban J connectivity index is 0.00000441. The highest BCUT2D eigenvalue weighted by molar-refractivity contribution is 5.85. The molecule has 1 aliphatic rings. The number of aliphatic hydroxyl groups is 1. The summed E-state index contributed by atoms with van der Waals surface area (Å²) in [5, 5.41) is 24.1. The average Bonchev–Trinajstić information content (AvgIpc) is 3.34. The Morgan fingerprint density at radius 2 is 1.75 bits per heavy atom.